The molecule has 1 heterocycles. The van der Waals surface area contributed by atoms with Gasteiger partial charge in [-0.15, -0.1) is 0 Å². The standard InChI is InChI=1S/C9H16INO2/c10-4-2-5-11-9(12)8-3-1-6-13-7-8/h8H,1-7H2,(H,11,12). The Bertz CT molecular complexity index is 158. The van der Waals surface area contributed by atoms with Gasteiger partial charge in [-0.1, -0.05) is 22.6 Å². The van der Waals surface area contributed by atoms with Crippen molar-refractivity contribution in [2.75, 3.05) is 24.2 Å². The Morgan fingerprint density at radius 1 is 1.62 bits per heavy atom. The lowest BCUT2D eigenvalue weighted by molar-refractivity contribution is -0.128. The maximum atomic E-state index is 11.5. The van der Waals surface area contributed by atoms with Gasteiger partial charge in [-0.05, 0) is 19.3 Å². The number of carbonyl (C=O) groups excluding carboxylic acids is 1. The second kappa shape index (κ2) is 6.59. The minimum absolute atomic E-state index is 0.1000. The Kier molecular flexibility index (Phi) is 5.70. The quantitative estimate of drug-likeness (QED) is 0.483. The van der Waals surface area contributed by atoms with Gasteiger partial charge in [-0.2, -0.15) is 0 Å². The summed E-state index contributed by atoms with van der Waals surface area (Å²) in [5, 5.41) is 2.93. The smallest absolute Gasteiger partial charge is 0.225 e. The molecule has 0 aromatic carbocycles. The van der Waals surface area contributed by atoms with Gasteiger partial charge in [0.15, 0.2) is 0 Å². The molecule has 1 saturated heterocycles. The molecule has 3 nitrogen and oxygen atoms in total. The fraction of sp³-hybridized carbons (Fsp3) is 0.889. The second-order valence-electron chi connectivity index (χ2n) is 3.25. The van der Waals surface area contributed by atoms with E-state index in [1.165, 1.54) is 0 Å². The predicted octanol–water partition coefficient (Wildman–Crippen LogP) is 1.35. The molecule has 1 atom stereocenters. The second-order valence-corrected chi connectivity index (χ2v) is 4.33. The fourth-order valence-corrected chi connectivity index (χ4v) is 1.75. The molecule has 1 rings (SSSR count). The third-order valence-electron chi connectivity index (χ3n) is 2.14. The minimum Gasteiger partial charge on any atom is -0.381 e. The molecule has 1 N–H and O–H groups in total. The lowest BCUT2D eigenvalue weighted by atomic mass is 10.0. The van der Waals surface area contributed by atoms with E-state index in [0.29, 0.717) is 6.61 Å². The molecule has 1 amide bonds. The summed E-state index contributed by atoms with van der Waals surface area (Å²) in [6, 6.07) is 0. The van der Waals surface area contributed by atoms with Crippen molar-refractivity contribution in [2.24, 2.45) is 5.92 Å². The zero-order chi connectivity index (χ0) is 9.52. The van der Waals surface area contributed by atoms with Crippen molar-refractivity contribution in [3.05, 3.63) is 0 Å². The molecule has 1 fully saturated rings. The molecule has 0 spiro atoms. The highest BCUT2D eigenvalue weighted by Crippen LogP contribution is 2.13. The number of rotatable bonds is 4. The molecule has 0 aliphatic carbocycles. The average molecular weight is 297 g/mol. The number of halogens is 1. The summed E-state index contributed by atoms with van der Waals surface area (Å²) < 4.78 is 6.34. The topological polar surface area (TPSA) is 38.3 Å². The van der Waals surface area contributed by atoms with E-state index in [-0.39, 0.29) is 11.8 Å². The molecule has 0 saturated carbocycles. The van der Waals surface area contributed by atoms with Gasteiger partial charge >= 0.3 is 0 Å². The Balaban J connectivity index is 2.13. The zero-order valence-corrected chi connectivity index (χ0v) is 9.88. The molecular formula is C9H16INO2. The van der Waals surface area contributed by atoms with Gasteiger partial charge in [0.1, 0.15) is 0 Å². The van der Waals surface area contributed by atoms with E-state index in [1.54, 1.807) is 0 Å². The highest BCUT2D eigenvalue weighted by Gasteiger charge is 2.20. The maximum absolute atomic E-state index is 11.5. The van der Waals surface area contributed by atoms with Gasteiger partial charge in [0.25, 0.3) is 0 Å². The van der Waals surface area contributed by atoms with Crippen molar-refractivity contribution in [1.82, 2.24) is 5.32 Å². The summed E-state index contributed by atoms with van der Waals surface area (Å²) in [7, 11) is 0. The normalized spacial score (nSPS) is 22.7. The maximum Gasteiger partial charge on any atom is 0.225 e. The van der Waals surface area contributed by atoms with Crippen LogP contribution in [0.5, 0.6) is 0 Å². The van der Waals surface area contributed by atoms with Crippen molar-refractivity contribution in [1.29, 1.82) is 0 Å². The number of amides is 1. The van der Waals surface area contributed by atoms with E-state index in [9.17, 15) is 4.79 Å². The first-order valence-electron chi connectivity index (χ1n) is 4.76. The Labute approximate surface area is 92.7 Å². The predicted molar refractivity (Wildman–Crippen MR) is 60.1 cm³/mol. The third-order valence-corrected chi connectivity index (χ3v) is 2.90. The summed E-state index contributed by atoms with van der Waals surface area (Å²) in [5.41, 5.74) is 0. The first-order chi connectivity index (χ1) is 6.34. The molecule has 1 aliphatic rings. The van der Waals surface area contributed by atoms with Crippen LogP contribution in [-0.4, -0.2) is 30.1 Å². The van der Waals surface area contributed by atoms with Crippen LogP contribution in [0, 0.1) is 5.92 Å². The van der Waals surface area contributed by atoms with Gasteiger partial charge < -0.3 is 10.1 Å². The number of hydrogen-bond donors (Lipinski definition) is 1. The number of hydrogen-bond acceptors (Lipinski definition) is 2. The zero-order valence-electron chi connectivity index (χ0n) is 7.72. The number of carbonyl (C=O) groups is 1. The van der Waals surface area contributed by atoms with Crippen LogP contribution in [0.15, 0.2) is 0 Å². The highest BCUT2D eigenvalue weighted by molar-refractivity contribution is 14.1. The van der Waals surface area contributed by atoms with E-state index < -0.39 is 0 Å². The number of ether oxygens (including phenoxy) is 1. The fourth-order valence-electron chi connectivity index (χ4n) is 1.37. The van der Waals surface area contributed by atoms with E-state index in [1.807, 2.05) is 0 Å². The summed E-state index contributed by atoms with van der Waals surface area (Å²) in [6.45, 7) is 2.23. The van der Waals surface area contributed by atoms with Gasteiger partial charge in [-0.25, -0.2) is 0 Å². The van der Waals surface area contributed by atoms with E-state index in [4.69, 9.17) is 4.74 Å². The monoisotopic (exact) mass is 297 g/mol. The molecule has 0 radical (unpaired) electrons. The summed E-state index contributed by atoms with van der Waals surface area (Å²) in [4.78, 5) is 11.5. The van der Waals surface area contributed by atoms with E-state index >= 15 is 0 Å². The van der Waals surface area contributed by atoms with Crippen LogP contribution in [0.25, 0.3) is 0 Å². The van der Waals surface area contributed by atoms with Crippen molar-refractivity contribution >= 4 is 28.5 Å². The first-order valence-corrected chi connectivity index (χ1v) is 6.28. The van der Waals surface area contributed by atoms with Gasteiger partial charge in [0, 0.05) is 17.6 Å². The lowest BCUT2D eigenvalue weighted by Gasteiger charge is -2.21. The van der Waals surface area contributed by atoms with Gasteiger partial charge in [0.2, 0.25) is 5.91 Å². The van der Waals surface area contributed by atoms with Gasteiger partial charge in [-0.3, -0.25) is 4.79 Å². The molecule has 0 aromatic heterocycles. The van der Waals surface area contributed by atoms with Crippen LogP contribution in [0.2, 0.25) is 0 Å². The Hall–Kier alpha value is 0.160. The summed E-state index contributed by atoms with van der Waals surface area (Å²) in [5.74, 6) is 0.271. The van der Waals surface area contributed by atoms with Crippen LogP contribution < -0.4 is 5.32 Å². The number of alkyl halides is 1. The molecule has 1 unspecified atom stereocenters. The lowest BCUT2D eigenvalue weighted by Crippen LogP contribution is -2.36. The van der Waals surface area contributed by atoms with Crippen molar-refractivity contribution in [3.8, 4) is 0 Å². The molecule has 4 heteroatoms. The Morgan fingerprint density at radius 2 is 2.46 bits per heavy atom. The largest absolute Gasteiger partial charge is 0.381 e. The van der Waals surface area contributed by atoms with Crippen LogP contribution >= 0.6 is 22.6 Å². The van der Waals surface area contributed by atoms with Crippen molar-refractivity contribution in [3.63, 3.8) is 0 Å². The van der Waals surface area contributed by atoms with Crippen molar-refractivity contribution in [2.45, 2.75) is 19.3 Å². The van der Waals surface area contributed by atoms with E-state index in [2.05, 4.69) is 27.9 Å². The van der Waals surface area contributed by atoms with Crippen molar-refractivity contribution < 1.29 is 9.53 Å². The molecule has 13 heavy (non-hydrogen) atoms. The molecule has 76 valence electrons. The van der Waals surface area contributed by atoms with Crippen LogP contribution in [0.3, 0.4) is 0 Å². The van der Waals surface area contributed by atoms with Crippen LogP contribution in [-0.2, 0) is 9.53 Å². The third kappa shape index (κ3) is 4.26. The number of nitrogens with one attached hydrogen (secondary N) is 1. The summed E-state index contributed by atoms with van der Waals surface area (Å²) >= 11 is 2.31. The van der Waals surface area contributed by atoms with Crippen LogP contribution in [0.1, 0.15) is 19.3 Å². The molecule has 1 aliphatic heterocycles. The van der Waals surface area contributed by atoms with E-state index in [0.717, 1.165) is 36.8 Å². The SMILES string of the molecule is O=C(NCCCI)C1CCCOC1. The summed E-state index contributed by atoms with van der Waals surface area (Å²) in [6.07, 6.45) is 3.06. The Morgan fingerprint density at radius 3 is 3.08 bits per heavy atom. The molecule has 0 aromatic rings. The van der Waals surface area contributed by atoms with Crippen LogP contribution in [0.4, 0.5) is 0 Å². The average Bonchev–Trinajstić information content (AvgIpc) is 2.19. The van der Waals surface area contributed by atoms with Gasteiger partial charge in [0.05, 0.1) is 12.5 Å². The minimum atomic E-state index is 0.1000. The molecular weight excluding hydrogens is 281 g/mol. The first kappa shape index (κ1) is 11.2. The molecule has 0 bridgehead atoms. The highest BCUT2D eigenvalue weighted by atomic mass is 127.